The molecule has 0 aromatic heterocycles. The van der Waals surface area contributed by atoms with Crippen molar-refractivity contribution in [1.82, 2.24) is 5.32 Å². The number of carbonyl (C=O) groups is 2. The molecule has 1 heterocycles. The SMILES string of the molecule is COC(=O)c1ccc(F)c(NC(=O)C2NCCCC2C)c1. The van der Waals surface area contributed by atoms with Crippen molar-refractivity contribution in [3.63, 3.8) is 0 Å². The Bertz CT molecular complexity index is 548. The van der Waals surface area contributed by atoms with Crippen molar-refractivity contribution in [3.8, 4) is 0 Å². The van der Waals surface area contributed by atoms with Crippen LogP contribution >= 0.6 is 0 Å². The zero-order valence-corrected chi connectivity index (χ0v) is 12.1. The van der Waals surface area contributed by atoms with E-state index in [1.807, 2.05) is 6.92 Å². The lowest BCUT2D eigenvalue weighted by molar-refractivity contribution is -0.119. The van der Waals surface area contributed by atoms with Crippen molar-refractivity contribution in [1.29, 1.82) is 0 Å². The number of hydrogen-bond acceptors (Lipinski definition) is 4. The number of nitrogens with one attached hydrogen (secondary N) is 2. The first-order valence-corrected chi connectivity index (χ1v) is 6.95. The van der Waals surface area contributed by atoms with Gasteiger partial charge in [-0.15, -0.1) is 0 Å². The van der Waals surface area contributed by atoms with Crippen LogP contribution in [0.1, 0.15) is 30.1 Å². The molecule has 1 aromatic carbocycles. The molecule has 0 spiro atoms. The fraction of sp³-hybridized carbons (Fsp3) is 0.467. The highest BCUT2D eigenvalue weighted by Gasteiger charge is 2.28. The molecule has 114 valence electrons. The van der Waals surface area contributed by atoms with Gasteiger partial charge in [0.15, 0.2) is 0 Å². The molecule has 5 nitrogen and oxygen atoms in total. The van der Waals surface area contributed by atoms with E-state index in [4.69, 9.17) is 0 Å². The van der Waals surface area contributed by atoms with E-state index in [2.05, 4.69) is 15.4 Å². The number of hydrogen-bond donors (Lipinski definition) is 2. The number of ether oxygens (including phenoxy) is 1. The molecule has 0 aliphatic carbocycles. The average Bonchev–Trinajstić information content (AvgIpc) is 2.49. The number of amides is 1. The van der Waals surface area contributed by atoms with Gasteiger partial charge in [0, 0.05) is 0 Å². The van der Waals surface area contributed by atoms with Crippen molar-refractivity contribution in [2.24, 2.45) is 5.92 Å². The summed E-state index contributed by atoms with van der Waals surface area (Å²) in [7, 11) is 1.25. The van der Waals surface area contributed by atoms with Crippen LogP contribution in [0.4, 0.5) is 10.1 Å². The zero-order chi connectivity index (χ0) is 15.4. The minimum atomic E-state index is -0.584. The Balaban J connectivity index is 2.14. The molecule has 2 atom stereocenters. The summed E-state index contributed by atoms with van der Waals surface area (Å²) in [6.07, 6.45) is 1.98. The van der Waals surface area contributed by atoms with Crippen LogP contribution in [0.15, 0.2) is 18.2 Å². The lowest BCUT2D eigenvalue weighted by Crippen LogP contribution is -2.48. The summed E-state index contributed by atoms with van der Waals surface area (Å²) in [6, 6.07) is 3.39. The Morgan fingerprint density at radius 1 is 1.43 bits per heavy atom. The van der Waals surface area contributed by atoms with Crippen LogP contribution in [0, 0.1) is 11.7 Å². The summed E-state index contributed by atoms with van der Waals surface area (Å²) in [6.45, 7) is 2.75. The molecule has 0 bridgehead atoms. The molecule has 1 fully saturated rings. The second kappa shape index (κ2) is 6.67. The third-order valence-corrected chi connectivity index (χ3v) is 3.70. The van der Waals surface area contributed by atoms with Gasteiger partial charge >= 0.3 is 5.97 Å². The van der Waals surface area contributed by atoms with E-state index >= 15 is 0 Å². The standard InChI is InChI=1S/C15H19FN2O3/c1-9-4-3-7-17-13(9)14(19)18-12-8-10(15(20)21-2)5-6-11(12)16/h5-6,8-9,13,17H,3-4,7H2,1-2H3,(H,18,19). The van der Waals surface area contributed by atoms with Gasteiger partial charge in [-0.25, -0.2) is 9.18 Å². The quantitative estimate of drug-likeness (QED) is 0.836. The van der Waals surface area contributed by atoms with Crippen LogP contribution in [0.3, 0.4) is 0 Å². The molecular formula is C15H19FN2O3. The second-order valence-electron chi connectivity index (χ2n) is 5.23. The van der Waals surface area contributed by atoms with Crippen LogP contribution in [-0.2, 0) is 9.53 Å². The minimum absolute atomic E-state index is 0.0116. The van der Waals surface area contributed by atoms with E-state index in [1.165, 1.54) is 19.2 Å². The predicted octanol–water partition coefficient (Wildman–Crippen LogP) is 1.94. The predicted molar refractivity (Wildman–Crippen MR) is 76.6 cm³/mol. The summed E-state index contributed by atoms with van der Waals surface area (Å²) in [5.74, 6) is -1.26. The van der Waals surface area contributed by atoms with Gasteiger partial charge in [0.05, 0.1) is 24.4 Å². The Morgan fingerprint density at radius 3 is 2.86 bits per heavy atom. The van der Waals surface area contributed by atoms with E-state index in [9.17, 15) is 14.0 Å². The highest BCUT2D eigenvalue weighted by molar-refractivity contribution is 5.97. The normalized spacial score (nSPS) is 21.7. The number of halogens is 1. The van der Waals surface area contributed by atoms with Gasteiger partial charge in [0.2, 0.25) is 5.91 Å². The fourth-order valence-electron chi connectivity index (χ4n) is 2.48. The van der Waals surface area contributed by atoms with Gasteiger partial charge in [-0.3, -0.25) is 4.79 Å². The molecule has 1 aliphatic rings. The van der Waals surface area contributed by atoms with E-state index in [0.717, 1.165) is 25.5 Å². The lowest BCUT2D eigenvalue weighted by atomic mass is 9.92. The number of rotatable bonds is 3. The maximum atomic E-state index is 13.8. The van der Waals surface area contributed by atoms with Crippen molar-refractivity contribution < 1.29 is 18.7 Å². The molecule has 21 heavy (non-hydrogen) atoms. The van der Waals surface area contributed by atoms with Crippen LogP contribution in [0.5, 0.6) is 0 Å². The van der Waals surface area contributed by atoms with Crippen LogP contribution < -0.4 is 10.6 Å². The molecule has 2 unspecified atom stereocenters. The summed E-state index contributed by atoms with van der Waals surface area (Å²) in [5, 5.41) is 5.68. The van der Waals surface area contributed by atoms with Gasteiger partial charge in [-0.2, -0.15) is 0 Å². The molecular weight excluding hydrogens is 275 g/mol. The first-order chi connectivity index (χ1) is 10.0. The van der Waals surface area contributed by atoms with E-state index < -0.39 is 11.8 Å². The maximum Gasteiger partial charge on any atom is 0.337 e. The van der Waals surface area contributed by atoms with Crippen molar-refractivity contribution in [2.45, 2.75) is 25.8 Å². The topological polar surface area (TPSA) is 67.4 Å². The van der Waals surface area contributed by atoms with Crippen LogP contribution in [-0.4, -0.2) is 31.6 Å². The van der Waals surface area contributed by atoms with Crippen molar-refractivity contribution in [2.75, 3.05) is 19.0 Å². The fourth-order valence-corrected chi connectivity index (χ4v) is 2.48. The largest absolute Gasteiger partial charge is 0.465 e. The Hall–Kier alpha value is -1.95. The van der Waals surface area contributed by atoms with E-state index in [0.29, 0.717) is 0 Å². The van der Waals surface area contributed by atoms with Crippen LogP contribution in [0.25, 0.3) is 0 Å². The summed E-state index contributed by atoms with van der Waals surface area (Å²) in [4.78, 5) is 23.7. The van der Waals surface area contributed by atoms with Crippen LogP contribution in [0.2, 0.25) is 0 Å². The molecule has 0 radical (unpaired) electrons. The van der Waals surface area contributed by atoms with Gasteiger partial charge < -0.3 is 15.4 Å². The molecule has 2 rings (SSSR count). The third kappa shape index (κ3) is 3.58. The molecule has 1 aliphatic heterocycles. The molecule has 1 saturated heterocycles. The monoisotopic (exact) mass is 294 g/mol. The zero-order valence-electron chi connectivity index (χ0n) is 12.1. The Morgan fingerprint density at radius 2 is 2.19 bits per heavy atom. The maximum absolute atomic E-state index is 13.8. The number of benzene rings is 1. The first kappa shape index (κ1) is 15.4. The smallest absolute Gasteiger partial charge is 0.337 e. The molecule has 6 heteroatoms. The van der Waals surface area contributed by atoms with Gasteiger partial charge in [0.25, 0.3) is 0 Å². The van der Waals surface area contributed by atoms with E-state index in [-0.39, 0.29) is 29.1 Å². The molecule has 1 amide bonds. The minimum Gasteiger partial charge on any atom is -0.465 e. The van der Waals surface area contributed by atoms with Gasteiger partial charge in [0.1, 0.15) is 5.82 Å². The number of esters is 1. The van der Waals surface area contributed by atoms with Crippen molar-refractivity contribution >= 4 is 17.6 Å². The molecule has 0 saturated carbocycles. The summed E-state index contributed by atoms with van der Waals surface area (Å²) >= 11 is 0. The first-order valence-electron chi connectivity index (χ1n) is 6.95. The van der Waals surface area contributed by atoms with Crippen molar-refractivity contribution in [3.05, 3.63) is 29.6 Å². The highest BCUT2D eigenvalue weighted by Crippen LogP contribution is 2.20. The number of anilines is 1. The second-order valence-corrected chi connectivity index (χ2v) is 5.23. The van der Waals surface area contributed by atoms with E-state index in [1.54, 1.807) is 0 Å². The highest BCUT2D eigenvalue weighted by atomic mass is 19.1. The van der Waals surface area contributed by atoms with Gasteiger partial charge in [-0.05, 0) is 43.5 Å². The lowest BCUT2D eigenvalue weighted by Gasteiger charge is -2.29. The molecule has 2 N–H and O–H groups in total. The summed E-state index contributed by atoms with van der Waals surface area (Å²) < 4.78 is 18.4. The number of methoxy groups -OCH3 is 1. The third-order valence-electron chi connectivity index (χ3n) is 3.70. The van der Waals surface area contributed by atoms with Gasteiger partial charge in [-0.1, -0.05) is 6.92 Å². The summed E-state index contributed by atoms with van der Waals surface area (Å²) in [5.41, 5.74) is 0.182. The number of carbonyl (C=O) groups excluding carboxylic acids is 2. The molecule has 1 aromatic rings. The average molecular weight is 294 g/mol. The Labute approximate surface area is 122 Å². The Kier molecular flexibility index (Phi) is 4.90. The number of piperidine rings is 1.